The van der Waals surface area contributed by atoms with Crippen molar-refractivity contribution < 1.29 is 0 Å². The highest BCUT2D eigenvalue weighted by Crippen LogP contribution is 2.37. The normalized spacial score (nSPS) is 11.8. The van der Waals surface area contributed by atoms with E-state index in [2.05, 4.69) is 117 Å². The molecule has 0 saturated carbocycles. The molecule has 0 spiro atoms. The third-order valence-corrected chi connectivity index (χ3v) is 7.10. The van der Waals surface area contributed by atoms with Gasteiger partial charge in [-0.15, -0.1) is 0 Å². The molecule has 4 heterocycles. The number of aromatic nitrogens is 5. The molecule has 8 rings (SSSR count). The quantitative estimate of drug-likeness (QED) is 0.266. The van der Waals surface area contributed by atoms with Crippen molar-refractivity contribution in [1.29, 1.82) is 0 Å². The van der Waals surface area contributed by atoms with E-state index in [9.17, 15) is 0 Å². The fraction of sp³-hybridized carbons (Fsp3) is 0. The molecule has 4 aromatic heterocycles. The van der Waals surface area contributed by atoms with Crippen molar-refractivity contribution in [2.75, 3.05) is 0 Å². The van der Waals surface area contributed by atoms with Crippen LogP contribution >= 0.6 is 0 Å². The molecule has 4 aromatic carbocycles. The molecule has 0 atom stereocenters. The molecule has 0 N–H and O–H groups in total. The summed E-state index contributed by atoms with van der Waals surface area (Å²) >= 11 is 0. The minimum atomic E-state index is 0.869. The van der Waals surface area contributed by atoms with Crippen LogP contribution in [0.4, 0.5) is 0 Å². The van der Waals surface area contributed by atoms with Crippen molar-refractivity contribution >= 4 is 38.9 Å². The molecule has 8 aromatic rings. The number of hydrogen-bond donors (Lipinski definition) is 0. The Morgan fingerprint density at radius 3 is 2.03 bits per heavy atom. The molecule has 0 aliphatic rings. The summed E-state index contributed by atoms with van der Waals surface area (Å²) in [5, 5.41) is 1.16. The Morgan fingerprint density at radius 2 is 1.24 bits per heavy atom. The van der Waals surface area contributed by atoms with Crippen molar-refractivity contribution in [2.24, 2.45) is 0 Å². The first-order chi connectivity index (χ1) is 18.4. The van der Waals surface area contributed by atoms with Gasteiger partial charge in [0, 0.05) is 17.1 Å². The monoisotopic (exact) mass is 475 g/mol. The van der Waals surface area contributed by atoms with Crippen molar-refractivity contribution in [3.63, 3.8) is 0 Å². The third kappa shape index (κ3) is 2.85. The van der Waals surface area contributed by atoms with Crippen LogP contribution in [0.15, 0.2) is 128 Å². The predicted molar refractivity (Wildman–Crippen MR) is 150 cm³/mol. The lowest BCUT2D eigenvalue weighted by molar-refractivity contribution is 1.01. The molecule has 0 aliphatic heterocycles. The molecule has 0 aliphatic carbocycles. The second-order valence-corrected chi connectivity index (χ2v) is 9.20. The highest BCUT2D eigenvalue weighted by atomic mass is 15.3. The summed E-state index contributed by atoms with van der Waals surface area (Å²) in [5.41, 5.74) is 8.65. The number of pyridine rings is 1. The van der Waals surface area contributed by atoms with Gasteiger partial charge in [0.05, 0.1) is 22.2 Å². The Kier molecular flexibility index (Phi) is 4.16. The van der Waals surface area contributed by atoms with E-state index in [0.29, 0.717) is 0 Å². The second-order valence-electron chi connectivity index (χ2n) is 9.20. The maximum absolute atomic E-state index is 5.09. The maximum atomic E-state index is 5.09. The molecule has 37 heavy (non-hydrogen) atoms. The Bertz CT molecular complexity index is 2060. The summed E-state index contributed by atoms with van der Waals surface area (Å²) in [6, 6.07) is 42.0. The summed E-state index contributed by atoms with van der Waals surface area (Å²) in [5.74, 6) is 1.76. The van der Waals surface area contributed by atoms with Gasteiger partial charge in [-0.05, 0) is 48.0 Å². The molecule has 0 saturated heterocycles. The van der Waals surface area contributed by atoms with Gasteiger partial charge in [-0.25, -0.2) is 9.97 Å². The van der Waals surface area contributed by atoms with Gasteiger partial charge in [-0.3, -0.25) is 13.5 Å². The summed E-state index contributed by atoms with van der Waals surface area (Å²) in [6.45, 7) is 0. The van der Waals surface area contributed by atoms with Crippen molar-refractivity contribution in [1.82, 2.24) is 23.5 Å². The zero-order valence-electron chi connectivity index (χ0n) is 19.9. The SMILES string of the molecule is c1ccc(-c2ccc(-n3c4ccccc4c4c3n(-c3ccccc3)c3nc5ccccc5n43)nc2)cc1. The van der Waals surface area contributed by atoms with E-state index < -0.39 is 0 Å². The third-order valence-electron chi connectivity index (χ3n) is 7.10. The lowest BCUT2D eigenvalue weighted by Crippen LogP contribution is -2.03. The van der Waals surface area contributed by atoms with E-state index in [1.165, 1.54) is 0 Å². The molecular weight excluding hydrogens is 454 g/mol. The van der Waals surface area contributed by atoms with Crippen molar-refractivity contribution in [2.45, 2.75) is 0 Å². The summed E-state index contributed by atoms with van der Waals surface area (Å²) in [6.07, 6.45) is 1.96. The molecule has 0 bridgehead atoms. The highest BCUT2D eigenvalue weighted by Gasteiger charge is 2.25. The smallest absolute Gasteiger partial charge is 0.221 e. The van der Waals surface area contributed by atoms with E-state index in [1.54, 1.807) is 0 Å². The standard InChI is InChI=1S/C32H21N5/c1-3-11-22(12-4-1)23-19-20-29(33-21-23)36-27-17-9-7-15-25(27)30-31(36)35(24-13-5-2-6-14-24)32-34-26-16-8-10-18-28(26)37(30)32/h1-21H. The van der Waals surface area contributed by atoms with Gasteiger partial charge in [-0.1, -0.05) is 78.9 Å². The number of imidazole rings is 2. The van der Waals surface area contributed by atoms with Crippen LogP contribution in [0.5, 0.6) is 0 Å². The van der Waals surface area contributed by atoms with Crippen LogP contribution in [0.1, 0.15) is 0 Å². The first-order valence-corrected chi connectivity index (χ1v) is 12.4. The van der Waals surface area contributed by atoms with E-state index in [1.807, 2.05) is 24.4 Å². The lowest BCUT2D eigenvalue weighted by Gasteiger charge is -2.11. The van der Waals surface area contributed by atoms with Crippen molar-refractivity contribution in [3.05, 3.63) is 128 Å². The number of rotatable bonds is 3. The molecule has 174 valence electrons. The molecule has 0 radical (unpaired) electrons. The molecule has 5 heteroatoms. The Hall–Kier alpha value is -5.16. The first kappa shape index (κ1) is 20.1. The summed E-state index contributed by atoms with van der Waals surface area (Å²) < 4.78 is 6.80. The fourth-order valence-corrected chi connectivity index (χ4v) is 5.48. The van der Waals surface area contributed by atoms with Gasteiger partial charge in [0.25, 0.3) is 0 Å². The number of benzene rings is 4. The Labute approximate surface area is 212 Å². The largest absolute Gasteiger partial charge is 0.278 e. The van der Waals surface area contributed by atoms with Crippen LogP contribution in [0.2, 0.25) is 0 Å². The molecule has 5 nitrogen and oxygen atoms in total. The van der Waals surface area contributed by atoms with Gasteiger partial charge < -0.3 is 0 Å². The van der Waals surface area contributed by atoms with E-state index in [4.69, 9.17) is 9.97 Å². The molecular formula is C32H21N5. The number of hydrogen-bond acceptors (Lipinski definition) is 2. The second kappa shape index (κ2) is 7.67. The minimum absolute atomic E-state index is 0.869. The summed E-state index contributed by atoms with van der Waals surface area (Å²) in [4.78, 5) is 10.1. The lowest BCUT2D eigenvalue weighted by atomic mass is 10.1. The van der Waals surface area contributed by atoms with E-state index in [-0.39, 0.29) is 0 Å². The molecule has 0 unspecified atom stereocenters. The maximum Gasteiger partial charge on any atom is 0.221 e. The number of para-hydroxylation sites is 4. The Morgan fingerprint density at radius 1 is 0.541 bits per heavy atom. The first-order valence-electron chi connectivity index (χ1n) is 12.4. The van der Waals surface area contributed by atoms with Crippen molar-refractivity contribution in [3.8, 4) is 22.6 Å². The van der Waals surface area contributed by atoms with Gasteiger partial charge >= 0.3 is 0 Å². The van der Waals surface area contributed by atoms with Crippen LogP contribution in [0.3, 0.4) is 0 Å². The van der Waals surface area contributed by atoms with Crippen LogP contribution in [-0.4, -0.2) is 23.5 Å². The average Bonchev–Trinajstić information content (AvgIpc) is 3.60. The average molecular weight is 476 g/mol. The number of nitrogens with zero attached hydrogens (tertiary/aromatic N) is 5. The molecule has 0 amide bonds. The predicted octanol–water partition coefficient (Wildman–Crippen LogP) is 7.44. The summed E-state index contributed by atoms with van der Waals surface area (Å²) in [7, 11) is 0. The topological polar surface area (TPSA) is 40.0 Å². The van der Waals surface area contributed by atoms with Crippen LogP contribution in [-0.2, 0) is 0 Å². The van der Waals surface area contributed by atoms with Crippen LogP contribution < -0.4 is 0 Å². The van der Waals surface area contributed by atoms with Crippen LogP contribution in [0, 0.1) is 0 Å². The van der Waals surface area contributed by atoms with E-state index in [0.717, 1.165) is 61.5 Å². The van der Waals surface area contributed by atoms with Gasteiger partial charge in [-0.2, -0.15) is 0 Å². The van der Waals surface area contributed by atoms with Gasteiger partial charge in [0.15, 0.2) is 5.65 Å². The number of fused-ring (bicyclic) bond motifs is 7. The Balaban J connectivity index is 1.52. The zero-order valence-corrected chi connectivity index (χ0v) is 19.9. The fourth-order valence-electron chi connectivity index (χ4n) is 5.48. The highest BCUT2D eigenvalue weighted by molar-refractivity contribution is 6.10. The van der Waals surface area contributed by atoms with E-state index >= 15 is 0 Å². The van der Waals surface area contributed by atoms with Gasteiger partial charge in [0.1, 0.15) is 11.3 Å². The van der Waals surface area contributed by atoms with Crippen LogP contribution in [0.25, 0.3) is 61.5 Å². The zero-order chi connectivity index (χ0) is 24.3. The van der Waals surface area contributed by atoms with Gasteiger partial charge in [0.2, 0.25) is 5.78 Å². The molecule has 0 fully saturated rings. The minimum Gasteiger partial charge on any atom is -0.278 e.